The second-order valence-corrected chi connectivity index (χ2v) is 8.24. The van der Waals surface area contributed by atoms with Crippen molar-refractivity contribution < 1.29 is 22.7 Å². The summed E-state index contributed by atoms with van der Waals surface area (Å²) < 4.78 is 33.5. The highest BCUT2D eigenvalue weighted by atomic mass is 35.5. The maximum absolute atomic E-state index is 12.3. The normalized spacial score (nSPS) is 18.9. The Labute approximate surface area is 146 Å². The van der Waals surface area contributed by atoms with Crippen LogP contribution in [0, 0.1) is 0 Å². The first-order chi connectivity index (χ1) is 11.3. The second-order valence-electron chi connectivity index (χ2n) is 5.60. The van der Waals surface area contributed by atoms with Crippen molar-refractivity contribution in [2.45, 2.75) is 12.5 Å². The lowest BCUT2D eigenvalue weighted by Gasteiger charge is -2.24. The molecule has 1 N–H and O–H groups in total. The molecule has 1 heterocycles. The lowest BCUT2D eigenvalue weighted by atomic mass is 10.2. The molecule has 1 unspecified atom stereocenters. The Kier molecular flexibility index (Phi) is 5.82. The van der Waals surface area contributed by atoms with Crippen molar-refractivity contribution in [1.82, 2.24) is 4.90 Å². The number of nitrogens with one attached hydrogen (secondary N) is 1. The molecule has 1 saturated heterocycles. The molecule has 1 aromatic rings. The smallest absolute Gasteiger partial charge is 0.241 e. The third kappa shape index (κ3) is 4.24. The van der Waals surface area contributed by atoms with Crippen LogP contribution >= 0.6 is 11.6 Å². The standard InChI is InChI=1S/C15H21ClN2O5S/c1-18(10-4-5-24(20,21)9-10)15(19)8-17-12-7-13(22-2)11(16)6-14(12)23-3/h6-7,10,17H,4-5,8-9H2,1-3H3. The van der Waals surface area contributed by atoms with Crippen LogP contribution in [0.4, 0.5) is 5.69 Å². The van der Waals surface area contributed by atoms with E-state index >= 15 is 0 Å². The zero-order valence-electron chi connectivity index (χ0n) is 13.8. The number of ether oxygens (including phenoxy) is 2. The van der Waals surface area contributed by atoms with Crippen LogP contribution in [0.5, 0.6) is 11.5 Å². The zero-order chi connectivity index (χ0) is 17.9. The minimum Gasteiger partial charge on any atom is -0.495 e. The molecule has 1 amide bonds. The van der Waals surface area contributed by atoms with E-state index < -0.39 is 9.84 Å². The molecular weight excluding hydrogens is 356 g/mol. The van der Waals surface area contributed by atoms with Crippen LogP contribution in [0.15, 0.2) is 12.1 Å². The van der Waals surface area contributed by atoms with Crippen LogP contribution in [0.3, 0.4) is 0 Å². The number of sulfone groups is 1. The number of nitrogens with zero attached hydrogens (tertiary/aromatic N) is 1. The van der Waals surface area contributed by atoms with Crippen molar-refractivity contribution in [2.75, 3.05) is 44.6 Å². The van der Waals surface area contributed by atoms with Crippen LogP contribution in [0.1, 0.15) is 6.42 Å². The summed E-state index contributed by atoms with van der Waals surface area (Å²) in [5.41, 5.74) is 0.569. The van der Waals surface area contributed by atoms with Crippen LogP contribution in [-0.2, 0) is 14.6 Å². The maximum atomic E-state index is 12.3. The number of anilines is 1. The van der Waals surface area contributed by atoms with E-state index in [0.29, 0.717) is 28.6 Å². The molecule has 0 aliphatic carbocycles. The Hall–Kier alpha value is -1.67. The Bertz CT molecular complexity index is 723. The van der Waals surface area contributed by atoms with Crippen LogP contribution in [0.2, 0.25) is 5.02 Å². The van der Waals surface area contributed by atoms with Gasteiger partial charge in [-0.3, -0.25) is 4.79 Å². The molecule has 1 aromatic carbocycles. The van der Waals surface area contributed by atoms with Gasteiger partial charge in [0.2, 0.25) is 5.91 Å². The van der Waals surface area contributed by atoms with Gasteiger partial charge in [0, 0.05) is 25.2 Å². The van der Waals surface area contributed by atoms with Gasteiger partial charge >= 0.3 is 0 Å². The fourth-order valence-corrected chi connectivity index (χ4v) is 4.58. The minimum atomic E-state index is -3.03. The Morgan fingerprint density at radius 3 is 2.54 bits per heavy atom. The van der Waals surface area contributed by atoms with Gasteiger partial charge in [-0.2, -0.15) is 0 Å². The summed E-state index contributed by atoms with van der Waals surface area (Å²) in [5.74, 6) is 0.897. The predicted molar refractivity (Wildman–Crippen MR) is 92.9 cm³/mol. The number of rotatable bonds is 6. The number of likely N-dealkylation sites (N-methyl/N-ethyl adjacent to an activating group) is 1. The van der Waals surface area contributed by atoms with Gasteiger partial charge in [0.25, 0.3) is 0 Å². The van der Waals surface area contributed by atoms with Gasteiger partial charge in [0.05, 0.1) is 43.0 Å². The molecule has 134 valence electrons. The van der Waals surface area contributed by atoms with E-state index in [0.717, 1.165) is 0 Å². The molecule has 1 atom stereocenters. The van der Waals surface area contributed by atoms with E-state index in [2.05, 4.69) is 5.32 Å². The average Bonchev–Trinajstić information content (AvgIpc) is 2.92. The molecule has 0 aromatic heterocycles. The van der Waals surface area contributed by atoms with E-state index in [-0.39, 0.29) is 30.0 Å². The van der Waals surface area contributed by atoms with Gasteiger partial charge in [-0.1, -0.05) is 11.6 Å². The van der Waals surface area contributed by atoms with E-state index in [4.69, 9.17) is 21.1 Å². The van der Waals surface area contributed by atoms with Crippen LogP contribution < -0.4 is 14.8 Å². The molecule has 9 heteroatoms. The highest BCUT2D eigenvalue weighted by Gasteiger charge is 2.32. The summed E-state index contributed by atoms with van der Waals surface area (Å²) in [6.45, 7) is 0.00813. The fourth-order valence-electron chi connectivity index (χ4n) is 2.58. The number of halogens is 1. The van der Waals surface area contributed by atoms with E-state index in [1.807, 2.05) is 0 Å². The SMILES string of the molecule is COc1cc(NCC(=O)N(C)C2CCS(=O)(=O)C2)c(OC)cc1Cl. The lowest BCUT2D eigenvalue weighted by molar-refractivity contribution is -0.129. The topological polar surface area (TPSA) is 84.9 Å². The number of amides is 1. The van der Waals surface area contributed by atoms with E-state index in [1.165, 1.54) is 19.1 Å². The first-order valence-corrected chi connectivity index (χ1v) is 9.59. The van der Waals surface area contributed by atoms with Crippen molar-refractivity contribution in [3.8, 4) is 11.5 Å². The quantitative estimate of drug-likeness (QED) is 0.808. The molecule has 1 aliphatic heterocycles. The maximum Gasteiger partial charge on any atom is 0.241 e. The molecule has 7 nitrogen and oxygen atoms in total. The highest BCUT2D eigenvalue weighted by Crippen LogP contribution is 2.35. The Morgan fingerprint density at radius 2 is 2.00 bits per heavy atom. The largest absolute Gasteiger partial charge is 0.495 e. The third-order valence-electron chi connectivity index (χ3n) is 4.05. The number of methoxy groups -OCH3 is 2. The predicted octanol–water partition coefficient (Wildman–Crippen LogP) is 1.41. The number of carbonyl (C=O) groups excluding carboxylic acids is 1. The molecule has 2 rings (SSSR count). The molecule has 1 fully saturated rings. The van der Waals surface area contributed by atoms with E-state index in [9.17, 15) is 13.2 Å². The number of hydrogen-bond donors (Lipinski definition) is 1. The number of carbonyl (C=O) groups is 1. The average molecular weight is 377 g/mol. The molecule has 0 saturated carbocycles. The first-order valence-electron chi connectivity index (χ1n) is 7.39. The van der Waals surface area contributed by atoms with Crippen molar-refractivity contribution >= 4 is 33.0 Å². The van der Waals surface area contributed by atoms with Gasteiger partial charge in [-0.25, -0.2) is 8.42 Å². The fraction of sp³-hybridized carbons (Fsp3) is 0.533. The summed E-state index contributed by atoms with van der Waals surface area (Å²) in [4.78, 5) is 13.8. The monoisotopic (exact) mass is 376 g/mol. The zero-order valence-corrected chi connectivity index (χ0v) is 15.4. The molecule has 1 aliphatic rings. The third-order valence-corrected chi connectivity index (χ3v) is 6.10. The summed E-state index contributed by atoms with van der Waals surface area (Å²) in [6.07, 6.45) is 0.475. The van der Waals surface area contributed by atoms with Gasteiger partial charge in [0.1, 0.15) is 11.5 Å². The first kappa shape index (κ1) is 18.7. The van der Waals surface area contributed by atoms with E-state index in [1.54, 1.807) is 19.2 Å². The summed E-state index contributed by atoms with van der Waals surface area (Å²) >= 11 is 6.04. The summed E-state index contributed by atoms with van der Waals surface area (Å²) in [5, 5.41) is 3.39. The van der Waals surface area contributed by atoms with Crippen LogP contribution in [-0.4, -0.2) is 64.6 Å². The van der Waals surface area contributed by atoms with Gasteiger partial charge < -0.3 is 19.7 Å². The molecule has 0 radical (unpaired) electrons. The molecule has 24 heavy (non-hydrogen) atoms. The van der Waals surface area contributed by atoms with Crippen molar-refractivity contribution in [1.29, 1.82) is 0 Å². The minimum absolute atomic E-state index is 0.00813. The van der Waals surface area contributed by atoms with Crippen molar-refractivity contribution in [3.63, 3.8) is 0 Å². The number of hydrogen-bond acceptors (Lipinski definition) is 6. The van der Waals surface area contributed by atoms with Gasteiger partial charge in [-0.05, 0) is 6.42 Å². The highest BCUT2D eigenvalue weighted by molar-refractivity contribution is 7.91. The Balaban J connectivity index is 2.03. The second kappa shape index (κ2) is 7.48. The van der Waals surface area contributed by atoms with Crippen LogP contribution in [0.25, 0.3) is 0 Å². The lowest BCUT2D eigenvalue weighted by Crippen LogP contribution is -2.40. The molecule has 0 bridgehead atoms. The van der Waals surface area contributed by atoms with Crippen molar-refractivity contribution in [2.24, 2.45) is 0 Å². The summed E-state index contributed by atoms with van der Waals surface area (Å²) in [7, 11) is 1.59. The molecular formula is C15H21ClN2O5S. The Morgan fingerprint density at radius 1 is 1.33 bits per heavy atom. The molecule has 0 spiro atoms. The van der Waals surface area contributed by atoms with Crippen molar-refractivity contribution in [3.05, 3.63) is 17.2 Å². The van der Waals surface area contributed by atoms with Gasteiger partial charge in [0.15, 0.2) is 9.84 Å². The number of benzene rings is 1. The summed E-state index contributed by atoms with van der Waals surface area (Å²) in [6, 6.07) is 2.97. The van der Waals surface area contributed by atoms with Gasteiger partial charge in [-0.15, -0.1) is 0 Å².